The Balaban J connectivity index is 2.26. The van der Waals surface area contributed by atoms with Gasteiger partial charge in [-0.1, -0.05) is 18.2 Å². The minimum absolute atomic E-state index is 0.562. The lowest BCUT2D eigenvalue weighted by Crippen LogP contribution is -2.28. The van der Waals surface area contributed by atoms with Gasteiger partial charge in [-0.3, -0.25) is 0 Å². The van der Waals surface area contributed by atoms with Crippen LogP contribution in [0.2, 0.25) is 0 Å². The third-order valence-corrected chi connectivity index (χ3v) is 3.31. The number of benzene rings is 1. The quantitative estimate of drug-likeness (QED) is 0.821. The molecule has 18 heavy (non-hydrogen) atoms. The van der Waals surface area contributed by atoms with Crippen LogP contribution in [0.5, 0.6) is 0 Å². The Morgan fingerprint density at radius 1 is 1.44 bits per heavy atom. The summed E-state index contributed by atoms with van der Waals surface area (Å²) in [5.74, 6) is 0.922. The van der Waals surface area contributed by atoms with Crippen molar-refractivity contribution in [3.63, 3.8) is 0 Å². The van der Waals surface area contributed by atoms with Crippen LogP contribution in [0.25, 0.3) is 11.0 Å². The molecule has 1 aromatic carbocycles. The summed E-state index contributed by atoms with van der Waals surface area (Å²) in [5.41, 5.74) is 1.35. The summed E-state index contributed by atoms with van der Waals surface area (Å²) < 4.78 is 2.05. The van der Waals surface area contributed by atoms with Crippen LogP contribution >= 0.6 is 0 Å². The molecule has 0 radical (unpaired) electrons. The Morgan fingerprint density at radius 3 is 2.83 bits per heavy atom. The van der Waals surface area contributed by atoms with E-state index in [0.29, 0.717) is 12.8 Å². The summed E-state index contributed by atoms with van der Waals surface area (Å²) >= 11 is 0. The lowest BCUT2D eigenvalue weighted by Gasteiger charge is -2.22. The lowest BCUT2D eigenvalue weighted by molar-refractivity contribution is 0.0498. The number of allylic oxidation sites excluding steroid dienone is 1. The summed E-state index contributed by atoms with van der Waals surface area (Å²) in [5, 5.41) is 10.3. The van der Waals surface area contributed by atoms with Gasteiger partial charge in [-0.15, -0.1) is 6.58 Å². The molecule has 1 unspecified atom stereocenters. The summed E-state index contributed by atoms with van der Waals surface area (Å²) in [6.07, 6.45) is 3.92. The summed E-state index contributed by atoms with van der Waals surface area (Å²) in [6, 6.07) is 8.03. The molecule has 0 aliphatic heterocycles. The molecule has 0 amide bonds. The first-order valence-corrected chi connectivity index (χ1v) is 6.27. The molecule has 0 aliphatic rings. The van der Waals surface area contributed by atoms with E-state index >= 15 is 0 Å². The normalized spacial score (nSPS) is 14.6. The number of rotatable bonds is 5. The van der Waals surface area contributed by atoms with Crippen molar-refractivity contribution >= 4 is 11.0 Å². The van der Waals surface area contributed by atoms with Crippen LogP contribution in [0.4, 0.5) is 0 Å². The smallest absolute Gasteiger partial charge is 0.112 e. The second-order valence-corrected chi connectivity index (χ2v) is 5.08. The molecule has 2 aromatic rings. The first-order valence-electron chi connectivity index (χ1n) is 6.27. The van der Waals surface area contributed by atoms with Crippen molar-refractivity contribution in [1.29, 1.82) is 0 Å². The van der Waals surface area contributed by atoms with Crippen LogP contribution in [0.15, 0.2) is 36.9 Å². The third-order valence-electron chi connectivity index (χ3n) is 3.31. The molecular weight excluding hydrogens is 224 g/mol. The van der Waals surface area contributed by atoms with Crippen LogP contribution in [0, 0.1) is 0 Å². The molecule has 0 saturated heterocycles. The standard InChI is InChI=1S/C15H20N2O/c1-4-5-10-15(2,18)11-14-16-12-8-6-7-9-13(12)17(14)3/h4,6-9,18H,1,5,10-11H2,2-3H3. The van der Waals surface area contributed by atoms with E-state index in [9.17, 15) is 5.11 Å². The zero-order valence-electron chi connectivity index (χ0n) is 11.1. The summed E-state index contributed by atoms with van der Waals surface area (Å²) in [7, 11) is 1.99. The van der Waals surface area contributed by atoms with Crippen LogP contribution < -0.4 is 0 Å². The minimum atomic E-state index is -0.733. The maximum atomic E-state index is 10.3. The van der Waals surface area contributed by atoms with E-state index in [4.69, 9.17) is 0 Å². The van der Waals surface area contributed by atoms with Gasteiger partial charge in [0.15, 0.2) is 0 Å². The van der Waals surface area contributed by atoms with Crippen molar-refractivity contribution in [2.45, 2.75) is 31.8 Å². The van der Waals surface area contributed by atoms with Crippen molar-refractivity contribution in [1.82, 2.24) is 9.55 Å². The second-order valence-electron chi connectivity index (χ2n) is 5.08. The second kappa shape index (κ2) is 4.94. The number of para-hydroxylation sites is 2. The molecule has 1 aromatic heterocycles. The Labute approximate surface area is 108 Å². The van der Waals surface area contributed by atoms with Gasteiger partial charge in [-0.2, -0.15) is 0 Å². The third kappa shape index (κ3) is 2.62. The van der Waals surface area contributed by atoms with E-state index in [1.54, 1.807) is 0 Å². The van der Waals surface area contributed by atoms with E-state index in [1.165, 1.54) is 0 Å². The number of fused-ring (bicyclic) bond motifs is 1. The van der Waals surface area contributed by atoms with Gasteiger partial charge in [-0.25, -0.2) is 4.98 Å². The van der Waals surface area contributed by atoms with Gasteiger partial charge in [0.2, 0.25) is 0 Å². The first kappa shape index (κ1) is 12.8. The fourth-order valence-corrected chi connectivity index (χ4v) is 2.20. The van der Waals surface area contributed by atoms with Crippen molar-refractivity contribution in [2.24, 2.45) is 7.05 Å². The highest BCUT2D eigenvalue weighted by Crippen LogP contribution is 2.21. The SMILES string of the molecule is C=CCCC(C)(O)Cc1nc2ccccc2n1C. The predicted molar refractivity (Wildman–Crippen MR) is 74.5 cm³/mol. The highest BCUT2D eigenvalue weighted by atomic mass is 16.3. The number of nitrogens with zero attached hydrogens (tertiary/aromatic N) is 2. The molecule has 1 heterocycles. The Bertz CT molecular complexity index is 555. The van der Waals surface area contributed by atoms with Crippen molar-refractivity contribution in [3.8, 4) is 0 Å². The number of imidazole rings is 1. The molecule has 0 bridgehead atoms. The zero-order valence-corrected chi connectivity index (χ0v) is 11.1. The molecule has 0 aliphatic carbocycles. The van der Waals surface area contributed by atoms with Gasteiger partial charge < -0.3 is 9.67 Å². The van der Waals surface area contributed by atoms with Crippen molar-refractivity contribution in [3.05, 3.63) is 42.7 Å². The monoisotopic (exact) mass is 244 g/mol. The molecule has 3 nitrogen and oxygen atoms in total. The van der Waals surface area contributed by atoms with Gasteiger partial charge in [-0.05, 0) is 31.9 Å². The highest BCUT2D eigenvalue weighted by Gasteiger charge is 2.23. The van der Waals surface area contributed by atoms with E-state index < -0.39 is 5.60 Å². The van der Waals surface area contributed by atoms with Crippen LogP contribution in [0.3, 0.4) is 0 Å². The van der Waals surface area contributed by atoms with E-state index in [2.05, 4.69) is 16.1 Å². The number of hydrogen-bond acceptors (Lipinski definition) is 2. The largest absolute Gasteiger partial charge is 0.390 e. The fraction of sp³-hybridized carbons (Fsp3) is 0.400. The van der Waals surface area contributed by atoms with Crippen LogP contribution in [-0.4, -0.2) is 20.3 Å². The molecule has 2 rings (SSSR count). The number of hydrogen-bond donors (Lipinski definition) is 1. The van der Waals surface area contributed by atoms with E-state index in [-0.39, 0.29) is 0 Å². The molecule has 3 heteroatoms. The molecule has 0 fully saturated rings. The van der Waals surface area contributed by atoms with Crippen molar-refractivity contribution in [2.75, 3.05) is 0 Å². The van der Waals surface area contributed by atoms with Crippen LogP contribution in [-0.2, 0) is 13.5 Å². The minimum Gasteiger partial charge on any atom is -0.390 e. The van der Waals surface area contributed by atoms with Gasteiger partial charge >= 0.3 is 0 Å². The zero-order chi connectivity index (χ0) is 13.2. The van der Waals surface area contributed by atoms with Gasteiger partial charge in [0, 0.05) is 13.5 Å². The Kier molecular flexibility index (Phi) is 3.53. The molecule has 1 atom stereocenters. The Morgan fingerprint density at radius 2 is 2.17 bits per heavy atom. The first-order chi connectivity index (χ1) is 8.53. The molecular formula is C15H20N2O. The predicted octanol–water partition coefficient (Wildman–Crippen LogP) is 2.83. The number of aliphatic hydroxyl groups is 1. The topological polar surface area (TPSA) is 38.1 Å². The Hall–Kier alpha value is -1.61. The maximum absolute atomic E-state index is 10.3. The molecule has 0 saturated carbocycles. The average Bonchev–Trinajstić information content (AvgIpc) is 2.64. The number of aryl methyl sites for hydroxylation is 1. The summed E-state index contributed by atoms with van der Waals surface area (Å²) in [4.78, 5) is 4.58. The van der Waals surface area contributed by atoms with Gasteiger partial charge in [0.05, 0.1) is 16.6 Å². The molecule has 96 valence electrons. The molecule has 1 N–H and O–H groups in total. The molecule has 0 spiro atoms. The average molecular weight is 244 g/mol. The van der Waals surface area contributed by atoms with Gasteiger partial charge in [0.1, 0.15) is 5.82 Å². The van der Waals surface area contributed by atoms with Crippen LogP contribution in [0.1, 0.15) is 25.6 Å². The van der Waals surface area contributed by atoms with Gasteiger partial charge in [0.25, 0.3) is 0 Å². The van der Waals surface area contributed by atoms with Crippen molar-refractivity contribution < 1.29 is 5.11 Å². The summed E-state index contributed by atoms with van der Waals surface area (Å²) in [6.45, 7) is 5.55. The lowest BCUT2D eigenvalue weighted by atomic mass is 9.96. The maximum Gasteiger partial charge on any atom is 0.112 e. The van der Waals surface area contributed by atoms with E-state index in [1.807, 2.05) is 44.3 Å². The van der Waals surface area contributed by atoms with E-state index in [0.717, 1.165) is 23.3 Å². The number of aromatic nitrogens is 2. The highest BCUT2D eigenvalue weighted by molar-refractivity contribution is 5.75. The fourth-order valence-electron chi connectivity index (χ4n) is 2.20.